The number of phenols is 1. The molecule has 0 fully saturated rings. The van der Waals surface area contributed by atoms with Crippen LogP contribution < -0.4 is 5.19 Å². The molecule has 2 N–H and O–H groups in total. The smallest absolute Gasteiger partial charge is 0.175 e. The summed E-state index contributed by atoms with van der Waals surface area (Å²) in [6.45, 7) is 7.11. The molecule has 0 bridgehead atoms. The molecule has 0 saturated carbocycles. The van der Waals surface area contributed by atoms with Crippen LogP contribution in [0.25, 0.3) is 0 Å². The highest BCUT2D eigenvalue weighted by Crippen LogP contribution is 2.52. The van der Waals surface area contributed by atoms with Gasteiger partial charge in [-0.2, -0.15) is 0 Å². The van der Waals surface area contributed by atoms with Gasteiger partial charge in [-0.05, 0) is 47.6 Å². The minimum Gasteiger partial charge on any atom is -0.512 e. The molecule has 2 aromatic carbocycles. The number of hydrogen-bond acceptors (Lipinski definition) is 4. The quantitative estimate of drug-likeness (QED) is 0.648. The zero-order chi connectivity index (χ0) is 22.8. The maximum atomic E-state index is 13.5. The molecule has 3 aliphatic rings. The Morgan fingerprint density at radius 1 is 1.03 bits per heavy atom. The topological polar surface area (TPSA) is 74.6 Å². The van der Waals surface area contributed by atoms with E-state index in [0.717, 1.165) is 24.0 Å². The minimum atomic E-state index is -1.89. The number of allylic oxidation sites excluding steroid dienone is 4. The molecule has 3 aliphatic carbocycles. The van der Waals surface area contributed by atoms with E-state index < -0.39 is 19.9 Å². The fraction of sp³-hybridized carbons (Fsp3) is 0.333. The average Bonchev–Trinajstić information content (AvgIpc) is 2.77. The molecule has 32 heavy (non-hydrogen) atoms. The van der Waals surface area contributed by atoms with Crippen LogP contribution in [-0.2, 0) is 12.8 Å². The third kappa shape index (κ3) is 2.80. The standard InChI is InChI=1S/C27H28O4Si/c1-27(32(2,3)17-8-5-4-6-9-17)13-12-18-16(15-27)14-21(29)24-23(18)26(31)22-19(25(24)30)10-7-11-20(22)28/h4-11,14,19,22,28-29H,12-13,15H2,1-3H3. The van der Waals surface area contributed by atoms with Crippen LogP contribution >= 0.6 is 0 Å². The fourth-order valence-electron chi connectivity index (χ4n) is 5.91. The second kappa shape index (κ2) is 7.04. The number of carbonyl (C=O) groups excluding carboxylic acids is 2. The Morgan fingerprint density at radius 2 is 1.75 bits per heavy atom. The molecule has 164 valence electrons. The third-order valence-corrected chi connectivity index (χ3v) is 13.6. The second-order valence-electron chi connectivity index (χ2n) is 10.2. The SMILES string of the molecule is CC1([Si](C)(C)c2ccccc2)CCc2c(cc(O)c3c2C(=O)C2C(O)=CC=CC2C3=O)C1. The van der Waals surface area contributed by atoms with Crippen LogP contribution in [0.5, 0.6) is 5.75 Å². The summed E-state index contributed by atoms with van der Waals surface area (Å²) >= 11 is 0. The Hall–Kier alpha value is -2.92. The number of phenolic OH excluding ortho intramolecular Hbond substituents is 1. The van der Waals surface area contributed by atoms with Crippen LogP contribution in [0.2, 0.25) is 18.1 Å². The summed E-state index contributed by atoms with van der Waals surface area (Å²) < 4.78 is 0. The first-order valence-electron chi connectivity index (χ1n) is 11.2. The molecule has 0 radical (unpaired) electrons. The van der Waals surface area contributed by atoms with E-state index in [1.165, 1.54) is 11.3 Å². The lowest BCUT2D eigenvalue weighted by Crippen LogP contribution is -2.54. The maximum absolute atomic E-state index is 13.5. The molecule has 3 unspecified atom stereocenters. The predicted octanol–water partition coefficient (Wildman–Crippen LogP) is 4.88. The van der Waals surface area contributed by atoms with E-state index in [-0.39, 0.29) is 33.7 Å². The first-order valence-corrected chi connectivity index (χ1v) is 14.2. The normalized spacial score (nSPS) is 26.8. The van der Waals surface area contributed by atoms with Crippen molar-refractivity contribution in [3.8, 4) is 5.75 Å². The Morgan fingerprint density at radius 3 is 2.47 bits per heavy atom. The lowest BCUT2D eigenvalue weighted by atomic mass is 9.67. The van der Waals surface area contributed by atoms with Gasteiger partial charge in [0.15, 0.2) is 11.6 Å². The van der Waals surface area contributed by atoms with Crippen molar-refractivity contribution in [1.29, 1.82) is 0 Å². The minimum absolute atomic E-state index is 0.0436. The van der Waals surface area contributed by atoms with Gasteiger partial charge in [0.1, 0.15) is 11.5 Å². The third-order valence-electron chi connectivity index (χ3n) is 8.36. The van der Waals surface area contributed by atoms with Crippen LogP contribution in [0.15, 0.2) is 60.4 Å². The molecule has 0 heterocycles. The van der Waals surface area contributed by atoms with Gasteiger partial charge in [-0.1, -0.05) is 67.7 Å². The summed E-state index contributed by atoms with van der Waals surface area (Å²) in [6, 6.07) is 12.4. The largest absolute Gasteiger partial charge is 0.512 e. The number of rotatable bonds is 2. The van der Waals surface area contributed by atoms with E-state index in [2.05, 4.69) is 44.3 Å². The van der Waals surface area contributed by atoms with Gasteiger partial charge >= 0.3 is 0 Å². The highest BCUT2D eigenvalue weighted by Gasteiger charge is 2.50. The van der Waals surface area contributed by atoms with E-state index in [9.17, 15) is 19.8 Å². The number of ketones is 2. The van der Waals surface area contributed by atoms with Crippen LogP contribution in [0.4, 0.5) is 0 Å². The maximum Gasteiger partial charge on any atom is 0.175 e. The van der Waals surface area contributed by atoms with Gasteiger partial charge in [-0.3, -0.25) is 9.59 Å². The van der Waals surface area contributed by atoms with Crippen LogP contribution in [0, 0.1) is 11.8 Å². The average molecular weight is 445 g/mol. The summed E-state index contributed by atoms with van der Waals surface area (Å²) in [5, 5.41) is 22.7. The number of aromatic hydroxyl groups is 1. The zero-order valence-corrected chi connectivity index (χ0v) is 19.7. The summed E-state index contributed by atoms with van der Waals surface area (Å²) in [5.41, 5.74) is 2.31. The Labute approximate surface area is 189 Å². The van der Waals surface area contributed by atoms with Crippen molar-refractivity contribution in [3.05, 3.63) is 82.6 Å². The monoisotopic (exact) mass is 444 g/mol. The summed E-state index contributed by atoms with van der Waals surface area (Å²) in [6.07, 6.45) is 7.10. The molecule has 0 spiro atoms. The van der Waals surface area contributed by atoms with E-state index in [4.69, 9.17) is 0 Å². The molecule has 5 rings (SSSR count). The second-order valence-corrected chi connectivity index (χ2v) is 15.3. The Balaban J connectivity index is 1.62. The highest BCUT2D eigenvalue weighted by molar-refractivity contribution is 6.92. The van der Waals surface area contributed by atoms with Gasteiger partial charge in [-0.25, -0.2) is 0 Å². The molecule has 2 aromatic rings. The Kier molecular flexibility index (Phi) is 4.61. The first-order chi connectivity index (χ1) is 15.2. The number of aliphatic hydroxyl groups excluding tert-OH is 1. The number of aliphatic hydroxyl groups is 1. The summed E-state index contributed by atoms with van der Waals surface area (Å²) in [7, 11) is -1.89. The number of hydrogen-bond donors (Lipinski definition) is 2. The molecule has 3 atom stereocenters. The highest BCUT2D eigenvalue weighted by atomic mass is 28.3. The molecule has 0 aromatic heterocycles. The van der Waals surface area contributed by atoms with Gasteiger partial charge in [0, 0.05) is 5.56 Å². The summed E-state index contributed by atoms with van der Waals surface area (Å²) in [5.74, 6) is -2.35. The van der Waals surface area contributed by atoms with Crippen molar-refractivity contribution in [1.82, 2.24) is 0 Å². The van der Waals surface area contributed by atoms with Crippen LogP contribution in [0.1, 0.15) is 45.2 Å². The first kappa shape index (κ1) is 21.0. The van der Waals surface area contributed by atoms with Gasteiger partial charge in [0.2, 0.25) is 0 Å². The zero-order valence-electron chi connectivity index (χ0n) is 18.7. The van der Waals surface area contributed by atoms with Crippen molar-refractivity contribution in [3.63, 3.8) is 0 Å². The van der Waals surface area contributed by atoms with E-state index in [1.54, 1.807) is 18.2 Å². The van der Waals surface area contributed by atoms with Crippen molar-refractivity contribution in [2.24, 2.45) is 11.8 Å². The molecule has 5 heteroatoms. The fourth-order valence-corrected chi connectivity index (χ4v) is 9.01. The van der Waals surface area contributed by atoms with E-state index >= 15 is 0 Å². The summed E-state index contributed by atoms with van der Waals surface area (Å²) in [4.78, 5) is 26.7. The molecule has 0 amide bonds. The van der Waals surface area contributed by atoms with Crippen molar-refractivity contribution < 1.29 is 19.8 Å². The number of carbonyl (C=O) groups is 2. The van der Waals surface area contributed by atoms with Crippen molar-refractivity contribution in [2.75, 3.05) is 0 Å². The van der Waals surface area contributed by atoms with Crippen molar-refractivity contribution in [2.45, 2.75) is 44.3 Å². The molecular weight excluding hydrogens is 416 g/mol. The molecule has 0 saturated heterocycles. The molecule has 0 aliphatic heterocycles. The number of fused-ring (bicyclic) bond motifs is 4. The van der Waals surface area contributed by atoms with Gasteiger partial charge < -0.3 is 10.2 Å². The Bertz CT molecular complexity index is 1210. The van der Waals surface area contributed by atoms with E-state index in [1.807, 2.05) is 6.07 Å². The van der Waals surface area contributed by atoms with Gasteiger partial charge in [0.25, 0.3) is 0 Å². The molecule has 4 nitrogen and oxygen atoms in total. The van der Waals surface area contributed by atoms with E-state index in [0.29, 0.717) is 12.0 Å². The number of Topliss-reactive ketones (excluding diaryl/α,β-unsaturated/α-hetero) is 2. The van der Waals surface area contributed by atoms with Gasteiger partial charge in [0.05, 0.1) is 25.5 Å². The lowest BCUT2D eigenvalue weighted by Gasteiger charge is -2.47. The predicted molar refractivity (Wildman–Crippen MR) is 128 cm³/mol. The lowest BCUT2D eigenvalue weighted by molar-refractivity contribution is 0.0754. The van der Waals surface area contributed by atoms with Crippen LogP contribution in [-0.4, -0.2) is 29.9 Å². The van der Waals surface area contributed by atoms with Crippen molar-refractivity contribution >= 4 is 24.8 Å². The number of benzene rings is 2. The van der Waals surface area contributed by atoms with Crippen LogP contribution in [0.3, 0.4) is 0 Å². The molecular formula is C27H28O4Si. The van der Waals surface area contributed by atoms with Gasteiger partial charge in [-0.15, -0.1) is 0 Å².